The Kier molecular flexibility index (Phi) is 4.78. The number of hydrogen-bond donors (Lipinski definition) is 2. The summed E-state index contributed by atoms with van der Waals surface area (Å²) in [6.07, 6.45) is 3.25. The van der Waals surface area contributed by atoms with E-state index in [4.69, 9.17) is 0 Å². The first kappa shape index (κ1) is 17.9. The summed E-state index contributed by atoms with van der Waals surface area (Å²) < 4.78 is 0. The van der Waals surface area contributed by atoms with Crippen LogP contribution in [-0.2, 0) is 6.42 Å². The minimum absolute atomic E-state index is 0.120. The highest BCUT2D eigenvalue weighted by Gasteiger charge is 2.27. The highest BCUT2D eigenvalue weighted by molar-refractivity contribution is 7.13. The number of carbonyl (C=O) groups excluding carboxylic acids is 1. The molecule has 0 unspecified atom stereocenters. The number of thiazole rings is 1. The van der Waals surface area contributed by atoms with Crippen molar-refractivity contribution in [2.24, 2.45) is 5.92 Å². The van der Waals surface area contributed by atoms with Gasteiger partial charge >= 0.3 is 0 Å². The summed E-state index contributed by atoms with van der Waals surface area (Å²) in [6, 6.07) is 7.64. The van der Waals surface area contributed by atoms with E-state index in [-0.39, 0.29) is 5.91 Å². The molecule has 0 saturated heterocycles. The normalized spacial score (nSPS) is 13.9. The molecule has 2 heterocycles. The van der Waals surface area contributed by atoms with Gasteiger partial charge in [-0.1, -0.05) is 26.0 Å². The predicted molar refractivity (Wildman–Crippen MR) is 107 cm³/mol. The fourth-order valence-electron chi connectivity index (χ4n) is 2.97. The number of aromatic amines is 1. The minimum Gasteiger partial charge on any atom is -0.321 e. The molecule has 140 valence electrons. The first-order valence-corrected chi connectivity index (χ1v) is 10.1. The number of rotatable bonds is 6. The molecule has 0 spiro atoms. The van der Waals surface area contributed by atoms with Crippen LogP contribution in [0.25, 0.3) is 11.4 Å². The largest absolute Gasteiger partial charge is 0.321 e. The molecule has 0 radical (unpaired) electrons. The standard InChI is InChI=1S/C20H23N5OS/c1-11(2)9-16-21-12(3)17(27-16)20(26)22-15-6-4-5-14(10-15)19-23-18(24-25-19)13-7-8-13/h4-6,10-11,13H,7-9H2,1-3H3,(H,22,26)(H,23,24,25). The molecule has 1 amide bonds. The number of hydrogen-bond acceptors (Lipinski definition) is 5. The van der Waals surface area contributed by atoms with Crippen LogP contribution in [0.5, 0.6) is 0 Å². The van der Waals surface area contributed by atoms with Gasteiger partial charge in [0.25, 0.3) is 5.91 Å². The van der Waals surface area contributed by atoms with Crippen molar-refractivity contribution in [2.75, 3.05) is 5.32 Å². The molecule has 2 N–H and O–H groups in total. The van der Waals surface area contributed by atoms with Crippen LogP contribution in [0.4, 0.5) is 5.69 Å². The molecule has 1 saturated carbocycles. The molecule has 6 nitrogen and oxygen atoms in total. The molecule has 0 bridgehead atoms. The highest BCUT2D eigenvalue weighted by atomic mass is 32.1. The maximum absolute atomic E-state index is 12.7. The molecule has 0 aliphatic heterocycles. The molecule has 3 aromatic rings. The summed E-state index contributed by atoms with van der Waals surface area (Å²) in [7, 11) is 0. The number of H-pyrrole nitrogens is 1. The third-order valence-corrected chi connectivity index (χ3v) is 5.65. The van der Waals surface area contributed by atoms with Crippen molar-refractivity contribution >= 4 is 22.9 Å². The van der Waals surface area contributed by atoms with Gasteiger partial charge in [-0.2, -0.15) is 5.10 Å². The van der Waals surface area contributed by atoms with E-state index in [2.05, 4.69) is 39.3 Å². The minimum atomic E-state index is -0.120. The monoisotopic (exact) mass is 381 g/mol. The molecule has 27 heavy (non-hydrogen) atoms. The molecule has 7 heteroatoms. The van der Waals surface area contributed by atoms with E-state index in [0.717, 1.165) is 34.2 Å². The van der Waals surface area contributed by atoms with E-state index in [1.54, 1.807) is 0 Å². The first-order chi connectivity index (χ1) is 13.0. The van der Waals surface area contributed by atoms with Crippen LogP contribution in [0, 0.1) is 12.8 Å². The van der Waals surface area contributed by atoms with Gasteiger partial charge in [-0.15, -0.1) is 11.3 Å². The Morgan fingerprint density at radius 2 is 2.15 bits per heavy atom. The van der Waals surface area contributed by atoms with Crippen LogP contribution in [0.1, 0.15) is 58.8 Å². The van der Waals surface area contributed by atoms with E-state index in [1.165, 1.54) is 24.2 Å². The van der Waals surface area contributed by atoms with Gasteiger partial charge in [-0.25, -0.2) is 9.97 Å². The molecule has 1 aromatic carbocycles. The number of aryl methyl sites for hydroxylation is 1. The predicted octanol–water partition coefficient (Wildman–Crippen LogP) is 4.56. The van der Waals surface area contributed by atoms with E-state index in [9.17, 15) is 4.79 Å². The summed E-state index contributed by atoms with van der Waals surface area (Å²) >= 11 is 1.48. The zero-order valence-corrected chi connectivity index (χ0v) is 16.6. The lowest BCUT2D eigenvalue weighted by Gasteiger charge is -2.05. The number of aromatic nitrogens is 4. The molecule has 0 atom stereocenters. The Balaban J connectivity index is 1.50. The Morgan fingerprint density at radius 3 is 2.89 bits per heavy atom. The summed E-state index contributed by atoms with van der Waals surface area (Å²) in [5.74, 6) is 2.55. The molecule has 1 aliphatic carbocycles. The Labute approximate surface area is 162 Å². The Bertz CT molecular complexity index is 970. The lowest BCUT2D eigenvalue weighted by Crippen LogP contribution is -2.11. The van der Waals surface area contributed by atoms with Crippen molar-refractivity contribution in [3.8, 4) is 11.4 Å². The molecule has 1 aliphatic rings. The molecular formula is C20H23N5OS. The van der Waals surface area contributed by atoms with Gasteiger partial charge in [0.2, 0.25) is 0 Å². The van der Waals surface area contributed by atoms with Crippen LogP contribution >= 0.6 is 11.3 Å². The van der Waals surface area contributed by atoms with Crippen LogP contribution < -0.4 is 5.32 Å². The van der Waals surface area contributed by atoms with Crippen LogP contribution in [0.15, 0.2) is 24.3 Å². The number of benzene rings is 1. The third kappa shape index (κ3) is 4.08. The Morgan fingerprint density at radius 1 is 1.33 bits per heavy atom. The summed E-state index contributed by atoms with van der Waals surface area (Å²) in [5, 5.41) is 11.3. The van der Waals surface area contributed by atoms with Gasteiger partial charge in [0.05, 0.1) is 10.7 Å². The Hall–Kier alpha value is -2.54. The number of carbonyl (C=O) groups is 1. The number of nitrogens with zero attached hydrogens (tertiary/aromatic N) is 3. The van der Waals surface area contributed by atoms with Crippen molar-refractivity contribution < 1.29 is 4.79 Å². The van der Waals surface area contributed by atoms with Crippen molar-refractivity contribution in [3.05, 3.63) is 45.7 Å². The van der Waals surface area contributed by atoms with E-state index < -0.39 is 0 Å². The fourth-order valence-corrected chi connectivity index (χ4v) is 4.14. The fraction of sp³-hybridized carbons (Fsp3) is 0.400. The van der Waals surface area contributed by atoms with Gasteiger partial charge in [0.1, 0.15) is 10.7 Å². The second-order valence-corrected chi connectivity index (χ2v) is 8.56. The average Bonchev–Trinajstić information content (AvgIpc) is 3.23. The van der Waals surface area contributed by atoms with Gasteiger partial charge in [-0.3, -0.25) is 9.89 Å². The number of anilines is 1. The van der Waals surface area contributed by atoms with Gasteiger partial charge in [0.15, 0.2) is 5.82 Å². The van der Waals surface area contributed by atoms with Crippen molar-refractivity contribution in [1.82, 2.24) is 20.2 Å². The van der Waals surface area contributed by atoms with Gasteiger partial charge in [-0.05, 0) is 37.8 Å². The van der Waals surface area contributed by atoms with Crippen molar-refractivity contribution in [3.63, 3.8) is 0 Å². The van der Waals surface area contributed by atoms with Crippen molar-refractivity contribution in [2.45, 2.75) is 46.0 Å². The summed E-state index contributed by atoms with van der Waals surface area (Å²) in [5.41, 5.74) is 2.40. The van der Waals surface area contributed by atoms with Crippen LogP contribution in [0.2, 0.25) is 0 Å². The molecular weight excluding hydrogens is 358 g/mol. The van der Waals surface area contributed by atoms with Crippen molar-refractivity contribution in [1.29, 1.82) is 0 Å². The van der Waals surface area contributed by atoms with Gasteiger partial charge in [0, 0.05) is 23.6 Å². The molecule has 1 fully saturated rings. The smallest absolute Gasteiger partial charge is 0.267 e. The molecule has 4 rings (SSSR count). The second kappa shape index (κ2) is 7.23. The molecule has 2 aromatic heterocycles. The topological polar surface area (TPSA) is 83.6 Å². The number of amides is 1. The van der Waals surface area contributed by atoms with Crippen LogP contribution in [-0.4, -0.2) is 26.1 Å². The lowest BCUT2D eigenvalue weighted by atomic mass is 10.1. The SMILES string of the molecule is Cc1nc(CC(C)C)sc1C(=O)Nc1cccc(-c2n[nH]c(C3CC3)n2)c1. The van der Waals surface area contributed by atoms with Crippen LogP contribution in [0.3, 0.4) is 0 Å². The number of nitrogens with one attached hydrogen (secondary N) is 2. The maximum atomic E-state index is 12.7. The van der Waals surface area contributed by atoms with E-state index in [0.29, 0.717) is 22.5 Å². The highest BCUT2D eigenvalue weighted by Crippen LogP contribution is 2.38. The van der Waals surface area contributed by atoms with E-state index in [1.807, 2.05) is 31.2 Å². The zero-order valence-electron chi connectivity index (χ0n) is 15.7. The lowest BCUT2D eigenvalue weighted by molar-refractivity contribution is 0.103. The summed E-state index contributed by atoms with van der Waals surface area (Å²) in [6.45, 7) is 6.19. The maximum Gasteiger partial charge on any atom is 0.267 e. The van der Waals surface area contributed by atoms with E-state index >= 15 is 0 Å². The summed E-state index contributed by atoms with van der Waals surface area (Å²) in [4.78, 5) is 22.5. The second-order valence-electron chi connectivity index (χ2n) is 7.47. The van der Waals surface area contributed by atoms with Gasteiger partial charge < -0.3 is 5.32 Å². The third-order valence-electron chi connectivity index (χ3n) is 4.48. The average molecular weight is 382 g/mol. The first-order valence-electron chi connectivity index (χ1n) is 9.30. The zero-order chi connectivity index (χ0) is 19.0. The quantitative estimate of drug-likeness (QED) is 0.655.